The van der Waals surface area contributed by atoms with E-state index in [0.29, 0.717) is 18.8 Å². The minimum Gasteiger partial charge on any atom is -0.446 e. The van der Waals surface area contributed by atoms with Crippen LogP contribution in [0.15, 0.2) is 11.8 Å². The fraction of sp³-hybridized carbons (Fsp3) is 0.762. The first kappa shape index (κ1) is 18.7. The summed E-state index contributed by atoms with van der Waals surface area (Å²) in [7, 11) is 0. The molecule has 4 aliphatic rings. The second-order valence-corrected chi connectivity index (χ2v) is 9.41. The zero-order valence-corrected chi connectivity index (χ0v) is 16.5. The summed E-state index contributed by atoms with van der Waals surface area (Å²) in [5, 5.41) is 0. The summed E-state index contributed by atoms with van der Waals surface area (Å²) in [4.78, 5) is 35.7. The highest BCUT2D eigenvalue weighted by molar-refractivity contribution is 5.92. The van der Waals surface area contributed by atoms with Gasteiger partial charge >= 0.3 is 11.9 Å². The number of hydrogen-bond donors (Lipinski definition) is 0. The van der Waals surface area contributed by atoms with Gasteiger partial charge < -0.3 is 14.2 Å². The summed E-state index contributed by atoms with van der Waals surface area (Å²) in [6.07, 6.45) is 5.26. The van der Waals surface area contributed by atoms with E-state index in [2.05, 4.69) is 20.8 Å². The molecule has 0 amide bonds. The molecule has 0 aromatic carbocycles. The van der Waals surface area contributed by atoms with E-state index >= 15 is 0 Å². The maximum atomic E-state index is 12.2. The van der Waals surface area contributed by atoms with Gasteiger partial charge in [0.1, 0.15) is 11.9 Å². The van der Waals surface area contributed by atoms with E-state index in [0.717, 1.165) is 12.8 Å². The van der Waals surface area contributed by atoms with Crippen LogP contribution in [0.2, 0.25) is 0 Å². The van der Waals surface area contributed by atoms with Gasteiger partial charge in [0.15, 0.2) is 5.60 Å². The molecular weight excluding hydrogens is 348 g/mol. The SMILES string of the molecule is CC(=O)OC1=C[C@]2(CCC(=O)C[C@@H]2O[C@@H]2C[C@@H]3CC[C@@]2(C)C3(C)C)OC1=O. The molecule has 1 spiro atoms. The van der Waals surface area contributed by atoms with Crippen molar-refractivity contribution in [2.75, 3.05) is 0 Å². The van der Waals surface area contributed by atoms with E-state index in [9.17, 15) is 14.4 Å². The minimum atomic E-state index is -1.02. The molecular formula is C21H28O6. The van der Waals surface area contributed by atoms with Gasteiger partial charge in [-0.2, -0.15) is 0 Å². The van der Waals surface area contributed by atoms with Gasteiger partial charge in [-0.15, -0.1) is 0 Å². The Labute approximate surface area is 159 Å². The Morgan fingerprint density at radius 3 is 2.52 bits per heavy atom. The lowest BCUT2D eigenvalue weighted by atomic mass is 9.69. The Bertz CT molecular complexity index is 737. The number of carbonyl (C=O) groups is 3. The van der Waals surface area contributed by atoms with Gasteiger partial charge in [-0.3, -0.25) is 9.59 Å². The standard InChI is InChI=1S/C21H28O6/c1-12(22)25-15-11-21(27-18(15)24)8-6-14(23)10-17(21)26-16-9-13-5-7-20(16,4)19(13,2)3/h11,13,16-17H,5-10H2,1-4H3/t13-,16+,17-,20+,21-/m0/s1. The fourth-order valence-corrected chi connectivity index (χ4v) is 5.72. The summed E-state index contributed by atoms with van der Waals surface area (Å²) in [6.45, 7) is 8.15. The van der Waals surface area contributed by atoms with E-state index in [-0.39, 0.29) is 34.9 Å². The Morgan fingerprint density at radius 2 is 1.93 bits per heavy atom. The van der Waals surface area contributed by atoms with Crippen LogP contribution in [0, 0.1) is 16.7 Å². The van der Waals surface area contributed by atoms with Gasteiger partial charge in [-0.25, -0.2) is 4.79 Å². The van der Waals surface area contributed by atoms with E-state index in [4.69, 9.17) is 14.2 Å². The molecule has 3 saturated carbocycles. The number of Topliss-reactive ketones (excluding diaryl/α,β-unsaturated/α-hetero) is 1. The van der Waals surface area contributed by atoms with Crippen LogP contribution in [0.25, 0.3) is 0 Å². The molecule has 1 aliphatic heterocycles. The second-order valence-electron chi connectivity index (χ2n) is 9.41. The second kappa shape index (κ2) is 5.90. The lowest BCUT2D eigenvalue weighted by molar-refractivity contribution is -0.187. The molecule has 2 bridgehead atoms. The molecule has 0 unspecified atom stereocenters. The topological polar surface area (TPSA) is 78.9 Å². The maximum absolute atomic E-state index is 12.2. The Balaban J connectivity index is 1.61. The summed E-state index contributed by atoms with van der Waals surface area (Å²) in [6, 6.07) is 0. The molecule has 0 saturated heterocycles. The first-order chi connectivity index (χ1) is 12.6. The Kier molecular flexibility index (Phi) is 4.08. The van der Waals surface area contributed by atoms with Crippen LogP contribution in [0.1, 0.15) is 66.2 Å². The van der Waals surface area contributed by atoms with Gasteiger partial charge in [0.2, 0.25) is 5.76 Å². The third-order valence-electron chi connectivity index (χ3n) is 7.91. The van der Waals surface area contributed by atoms with Crippen molar-refractivity contribution in [1.82, 2.24) is 0 Å². The largest absolute Gasteiger partial charge is 0.446 e. The molecule has 6 heteroatoms. The number of carbonyl (C=O) groups excluding carboxylic acids is 3. The highest BCUT2D eigenvalue weighted by Gasteiger charge is 2.63. The highest BCUT2D eigenvalue weighted by atomic mass is 16.6. The highest BCUT2D eigenvalue weighted by Crippen LogP contribution is 2.66. The molecule has 6 nitrogen and oxygen atoms in total. The van der Waals surface area contributed by atoms with Gasteiger partial charge in [0.05, 0.1) is 6.10 Å². The number of rotatable bonds is 3. The smallest absolute Gasteiger partial charge is 0.375 e. The molecule has 27 heavy (non-hydrogen) atoms. The third kappa shape index (κ3) is 2.67. The van der Waals surface area contributed by atoms with Gasteiger partial charge in [-0.1, -0.05) is 20.8 Å². The summed E-state index contributed by atoms with van der Waals surface area (Å²) in [5.41, 5.74) is -0.781. The van der Waals surface area contributed by atoms with Crippen molar-refractivity contribution >= 4 is 17.7 Å². The van der Waals surface area contributed by atoms with Crippen LogP contribution in [0.5, 0.6) is 0 Å². The van der Waals surface area contributed by atoms with Crippen LogP contribution in [-0.4, -0.2) is 35.5 Å². The molecule has 1 heterocycles. The van der Waals surface area contributed by atoms with E-state index in [1.165, 1.54) is 13.3 Å². The van der Waals surface area contributed by atoms with Crippen molar-refractivity contribution in [2.24, 2.45) is 16.7 Å². The van der Waals surface area contributed by atoms with E-state index in [1.807, 2.05) is 0 Å². The molecule has 0 N–H and O–H groups in total. The maximum Gasteiger partial charge on any atom is 0.375 e. The number of hydrogen-bond acceptors (Lipinski definition) is 6. The summed E-state index contributed by atoms with van der Waals surface area (Å²) >= 11 is 0. The average Bonchev–Trinajstić information content (AvgIpc) is 3.06. The van der Waals surface area contributed by atoms with E-state index in [1.54, 1.807) is 6.08 Å². The van der Waals surface area contributed by atoms with Crippen LogP contribution in [0.4, 0.5) is 0 Å². The average molecular weight is 376 g/mol. The predicted molar refractivity (Wildman–Crippen MR) is 95.4 cm³/mol. The quantitative estimate of drug-likeness (QED) is 0.705. The van der Waals surface area contributed by atoms with E-state index < -0.39 is 23.6 Å². The predicted octanol–water partition coefficient (Wildman–Crippen LogP) is 3.08. The number of ketones is 1. The monoisotopic (exact) mass is 376 g/mol. The molecule has 3 aliphatic carbocycles. The molecule has 3 fully saturated rings. The first-order valence-corrected chi connectivity index (χ1v) is 9.89. The molecule has 0 aromatic heterocycles. The molecule has 0 radical (unpaired) electrons. The van der Waals surface area contributed by atoms with Gasteiger partial charge in [-0.05, 0) is 36.0 Å². The van der Waals surface area contributed by atoms with Crippen LogP contribution >= 0.6 is 0 Å². The minimum absolute atomic E-state index is 0.0314. The summed E-state index contributed by atoms with van der Waals surface area (Å²) in [5.74, 6) is -0.593. The number of fused-ring (bicyclic) bond motifs is 2. The molecule has 5 atom stereocenters. The van der Waals surface area contributed by atoms with Crippen molar-refractivity contribution in [2.45, 2.75) is 84.0 Å². The Morgan fingerprint density at radius 1 is 1.19 bits per heavy atom. The number of ether oxygens (including phenoxy) is 3. The zero-order chi connectivity index (χ0) is 19.6. The van der Waals surface area contributed by atoms with Gasteiger partial charge in [0, 0.05) is 32.3 Å². The lowest BCUT2D eigenvalue weighted by Gasteiger charge is -2.44. The van der Waals surface area contributed by atoms with Crippen LogP contribution in [0.3, 0.4) is 0 Å². The van der Waals surface area contributed by atoms with Crippen molar-refractivity contribution in [3.05, 3.63) is 11.8 Å². The third-order valence-corrected chi connectivity index (χ3v) is 7.91. The van der Waals surface area contributed by atoms with Crippen molar-refractivity contribution in [3.8, 4) is 0 Å². The number of esters is 2. The van der Waals surface area contributed by atoms with Crippen LogP contribution < -0.4 is 0 Å². The molecule has 4 rings (SSSR count). The lowest BCUT2D eigenvalue weighted by Crippen LogP contribution is -2.51. The normalized spacial score (nSPS) is 42.4. The molecule has 0 aromatic rings. The van der Waals surface area contributed by atoms with Crippen LogP contribution in [-0.2, 0) is 28.6 Å². The van der Waals surface area contributed by atoms with Gasteiger partial charge in [0.25, 0.3) is 0 Å². The van der Waals surface area contributed by atoms with Crippen molar-refractivity contribution < 1.29 is 28.6 Å². The van der Waals surface area contributed by atoms with Crippen molar-refractivity contribution in [1.29, 1.82) is 0 Å². The first-order valence-electron chi connectivity index (χ1n) is 9.89. The Hall–Kier alpha value is -1.69. The zero-order valence-electron chi connectivity index (χ0n) is 16.5. The summed E-state index contributed by atoms with van der Waals surface area (Å²) < 4.78 is 17.2. The fourth-order valence-electron chi connectivity index (χ4n) is 5.72. The van der Waals surface area contributed by atoms with Crippen molar-refractivity contribution in [3.63, 3.8) is 0 Å². The molecule has 148 valence electrons.